The molecule has 0 saturated carbocycles. The van der Waals surface area contributed by atoms with E-state index in [1.54, 1.807) is 0 Å². The van der Waals surface area contributed by atoms with Gasteiger partial charge in [0.05, 0.1) is 8.95 Å². The van der Waals surface area contributed by atoms with Gasteiger partial charge in [0.1, 0.15) is 12.4 Å². The molecule has 0 aliphatic carbocycles. The van der Waals surface area contributed by atoms with Crippen molar-refractivity contribution in [3.63, 3.8) is 0 Å². The highest BCUT2D eigenvalue weighted by Gasteiger charge is 2.07. The minimum Gasteiger partial charge on any atom is -0.490 e. The molecule has 0 amide bonds. The van der Waals surface area contributed by atoms with Gasteiger partial charge in [-0.3, -0.25) is 0 Å². The van der Waals surface area contributed by atoms with Crippen molar-refractivity contribution in [3.8, 4) is 5.75 Å². The van der Waals surface area contributed by atoms with Gasteiger partial charge in [0, 0.05) is 11.0 Å². The lowest BCUT2D eigenvalue weighted by Gasteiger charge is -2.11. The standard InChI is InChI=1S/C13H18Br3NO/c1-2-3-4-5-17-6-7-18-13-11(15)8-10(14)9-12(13)16/h8-9,17H,2-7H2,1H3. The third kappa shape index (κ3) is 6.04. The molecule has 2 nitrogen and oxygen atoms in total. The summed E-state index contributed by atoms with van der Waals surface area (Å²) in [5, 5.41) is 3.38. The van der Waals surface area contributed by atoms with Crippen molar-refractivity contribution >= 4 is 47.8 Å². The molecule has 0 saturated heterocycles. The Labute approximate surface area is 134 Å². The molecule has 0 atom stereocenters. The van der Waals surface area contributed by atoms with E-state index in [0.717, 1.165) is 32.3 Å². The molecule has 1 rings (SSSR count). The van der Waals surface area contributed by atoms with Crippen LogP contribution in [-0.4, -0.2) is 19.7 Å². The minimum atomic E-state index is 0.672. The first-order valence-electron chi connectivity index (χ1n) is 6.13. The first kappa shape index (κ1) is 16.5. The van der Waals surface area contributed by atoms with Crippen LogP contribution in [0.3, 0.4) is 0 Å². The van der Waals surface area contributed by atoms with Gasteiger partial charge in [0.15, 0.2) is 0 Å². The van der Waals surface area contributed by atoms with E-state index in [1.165, 1.54) is 19.3 Å². The largest absolute Gasteiger partial charge is 0.490 e. The third-order valence-corrected chi connectivity index (χ3v) is 4.08. The summed E-state index contributed by atoms with van der Waals surface area (Å²) in [7, 11) is 0. The topological polar surface area (TPSA) is 21.3 Å². The molecule has 0 unspecified atom stereocenters. The molecule has 0 bridgehead atoms. The number of ether oxygens (including phenoxy) is 1. The van der Waals surface area contributed by atoms with Gasteiger partial charge < -0.3 is 10.1 Å². The van der Waals surface area contributed by atoms with Crippen LogP contribution in [0.4, 0.5) is 0 Å². The van der Waals surface area contributed by atoms with Gasteiger partial charge in [-0.1, -0.05) is 35.7 Å². The molecule has 0 aliphatic rings. The van der Waals surface area contributed by atoms with Crippen LogP contribution in [0.1, 0.15) is 26.2 Å². The van der Waals surface area contributed by atoms with Gasteiger partial charge in [0.25, 0.3) is 0 Å². The molecular formula is C13H18Br3NO. The van der Waals surface area contributed by atoms with Crippen LogP contribution in [-0.2, 0) is 0 Å². The predicted octanol–water partition coefficient (Wildman–Crippen LogP) is 5.13. The summed E-state index contributed by atoms with van der Waals surface area (Å²) in [6.07, 6.45) is 3.79. The molecule has 1 aromatic carbocycles. The van der Waals surface area contributed by atoms with Crippen LogP contribution < -0.4 is 10.1 Å². The average molecular weight is 444 g/mol. The minimum absolute atomic E-state index is 0.672. The fourth-order valence-electron chi connectivity index (χ4n) is 1.52. The highest BCUT2D eigenvalue weighted by Crippen LogP contribution is 2.36. The number of nitrogens with one attached hydrogen (secondary N) is 1. The Hall–Kier alpha value is 0.420. The molecule has 102 valence electrons. The van der Waals surface area contributed by atoms with Crippen LogP contribution in [0, 0.1) is 0 Å². The zero-order valence-corrected chi connectivity index (χ0v) is 15.2. The Balaban J connectivity index is 2.27. The normalized spacial score (nSPS) is 10.7. The van der Waals surface area contributed by atoms with E-state index < -0.39 is 0 Å². The van der Waals surface area contributed by atoms with E-state index in [9.17, 15) is 0 Å². The molecular weight excluding hydrogens is 426 g/mol. The molecule has 0 radical (unpaired) electrons. The molecule has 0 heterocycles. The number of halogens is 3. The highest BCUT2D eigenvalue weighted by molar-refractivity contribution is 9.11. The second-order valence-electron chi connectivity index (χ2n) is 4.00. The maximum Gasteiger partial charge on any atom is 0.147 e. The molecule has 5 heteroatoms. The summed E-state index contributed by atoms with van der Waals surface area (Å²) in [6.45, 7) is 4.83. The van der Waals surface area contributed by atoms with Crippen molar-refractivity contribution < 1.29 is 4.74 Å². The zero-order valence-electron chi connectivity index (χ0n) is 10.4. The molecule has 0 fully saturated rings. The van der Waals surface area contributed by atoms with E-state index in [1.807, 2.05) is 12.1 Å². The molecule has 1 N–H and O–H groups in total. The summed E-state index contributed by atoms with van der Waals surface area (Å²) in [5.74, 6) is 0.855. The second-order valence-corrected chi connectivity index (χ2v) is 6.63. The lowest BCUT2D eigenvalue weighted by molar-refractivity contribution is 0.310. The first-order chi connectivity index (χ1) is 8.65. The van der Waals surface area contributed by atoms with Crippen molar-refractivity contribution in [3.05, 3.63) is 25.6 Å². The summed E-state index contributed by atoms with van der Waals surface area (Å²) in [4.78, 5) is 0. The Bertz CT molecular complexity index is 348. The van der Waals surface area contributed by atoms with E-state index in [2.05, 4.69) is 60.0 Å². The second kappa shape index (κ2) is 9.34. The van der Waals surface area contributed by atoms with Gasteiger partial charge in [-0.2, -0.15) is 0 Å². The molecule has 0 aliphatic heterocycles. The predicted molar refractivity (Wildman–Crippen MR) is 87.4 cm³/mol. The smallest absolute Gasteiger partial charge is 0.147 e. The Morgan fingerprint density at radius 3 is 2.33 bits per heavy atom. The summed E-state index contributed by atoms with van der Waals surface area (Å²) in [5.41, 5.74) is 0. The maximum atomic E-state index is 5.75. The number of hydrogen-bond donors (Lipinski definition) is 1. The van der Waals surface area contributed by atoms with Crippen LogP contribution in [0.25, 0.3) is 0 Å². The Morgan fingerprint density at radius 2 is 1.72 bits per heavy atom. The van der Waals surface area contributed by atoms with Crippen LogP contribution >= 0.6 is 47.8 Å². The van der Waals surface area contributed by atoms with Gasteiger partial charge in [0.2, 0.25) is 0 Å². The first-order valence-corrected chi connectivity index (χ1v) is 8.51. The number of benzene rings is 1. The van der Waals surface area contributed by atoms with Gasteiger partial charge in [-0.25, -0.2) is 0 Å². The van der Waals surface area contributed by atoms with E-state index in [4.69, 9.17) is 4.74 Å². The molecule has 1 aromatic rings. The van der Waals surface area contributed by atoms with Gasteiger partial charge in [-0.05, 0) is 57.0 Å². The lowest BCUT2D eigenvalue weighted by Crippen LogP contribution is -2.22. The number of unbranched alkanes of at least 4 members (excludes halogenated alkanes) is 2. The SMILES string of the molecule is CCCCCNCCOc1c(Br)cc(Br)cc1Br. The maximum absolute atomic E-state index is 5.75. The van der Waals surface area contributed by atoms with Crippen molar-refractivity contribution in [2.45, 2.75) is 26.2 Å². The van der Waals surface area contributed by atoms with Crippen LogP contribution in [0.5, 0.6) is 5.75 Å². The van der Waals surface area contributed by atoms with E-state index in [-0.39, 0.29) is 0 Å². The number of hydrogen-bond acceptors (Lipinski definition) is 2. The van der Waals surface area contributed by atoms with Crippen LogP contribution in [0.15, 0.2) is 25.6 Å². The summed E-state index contributed by atoms with van der Waals surface area (Å²) >= 11 is 10.4. The van der Waals surface area contributed by atoms with Crippen molar-refractivity contribution in [1.29, 1.82) is 0 Å². The molecule has 18 heavy (non-hydrogen) atoms. The fraction of sp³-hybridized carbons (Fsp3) is 0.538. The fourth-order valence-corrected chi connectivity index (χ4v) is 4.00. The van der Waals surface area contributed by atoms with Crippen LogP contribution in [0.2, 0.25) is 0 Å². The Kier molecular flexibility index (Phi) is 8.55. The van der Waals surface area contributed by atoms with Crippen molar-refractivity contribution in [1.82, 2.24) is 5.32 Å². The quantitative estimate of drug-likeness (QED) is 0.562. The lowest BCUT2D eigenvalue weighted by atomic mass is 10.2. The number of rotatable bonds is 8. The monoisotopic (exact) mass is 441 g/mol. The molecule has 0 spiro atoms. The molecule has 0 aromatic heterocycles. The summed E-state index contributed by atoms with van der Waals surface area (Å²) in [6, 6.07) is 3.96. The van der Waals surface area contributed by atoms with E-state index >= 15 is 0 Å². The summed E-state index contributed by atoms with van der Waals surface area (Å²) < 4.78 is 8.68. The average Bonchev–Trinajstić information content (AvgIpc) is 2.30. The van der Waals surface area contributed by atoms with Crippen molar-refractivity contribution in [2.24, 2.45) is 0 Å². The Morgan fingerprint density at radius 1 is 1.06 bits per heavy atom. The zero-order chi connectivity index (χ0) is 13.4. The third-order valence-electron chi connectivity index (χ3n) is 2.45. The van der Waals surface area contributed by atoms with Gasteiger partial charge in [-0.15, -0.1) is 0 Å². The highest BCUT2D eigenvalue weighted by atomic mass is 79.9. The van der Waals surface area contributed by atoms with Crippen molar-refractivity contribution in [2.75, 3.05) is 19.7 Å². The van der Waals surface area contributed by atoms with Gasteiger partial charge >= 0.3 is 0 Å². The van der Waals surface area contributed by atoms with E-state index in [0.29, 0.717) is 6.61 Å².